The number of nitrogens with two attached hydrogens (primary N) is 1. The van der Waals surface area contributed by atoms with Gasteiger partial charge in [0.05, 0.1) is 11.4 Å². The Morgan fingerprint density at radius 3 is 2.71 bits per heavy atom. The van der Waals surface area contributed by atoms with Crippen LogP contribution < -0.4 is 11.1 Å². The normalized spacial score (nSPS) is 9.93. The maximum absolute atomic E-state index is 12.9. The van der Waals surface area contributed by atoms with E-state index in [1.807, 2.05) is 0 Å². The van der Waals surface area contributed by atoms with Crippen molar-refractivity contribution in [1.82, 2.24) is 0 Å². The highest BCUT2D eigenvalue weighted by molar-refractivity contribution is 5.67. The summed E-state index contributed by atoms with van der Waals surface area (Å²) in [6.45, 7) is 5.90. The molecule has 0 unspecified atom stereocenters. The predicted octanol–water partition coefficient (Wildman–Crippen LogP) is 2.54. The number of hydrogen-bond donors (Lipinski definition) is 2. The first-order valence-electron chi connectivity index (χ1n) is 4.13. The van der Waals surface area contributed by atoms with Crippen LogP contribution in [0.3, 0.4) is 0 Å². The standard InChI is InChI=1S/C10H12F2N2/c1-6(2)5-14-9-4-7(11)3-8(12)10(9)13/h3-4,14H,1,5,13H2,2H3. The van der Waals surface area contributed by atoms with Gasteiger partial charge in [-0.2, -0.15) is 0 Å². The Kier molecular flexibility index (Phi) is 3.06. The number of rotatable bonds is 3. The number of benzene rings is 1. The van der Waals surface area contributed by atoms with Crippen molar-refractivity contribution in [2.75, 3.05) is 17.6 Å². The second kappa shape index (κ2) is 4.09. The van der Waals surface area contributed by atoms with Crippen LogP contribution in [0.15, 0.2) is 24.3 Å². The van der Waals surface area contributed by atoms with E-state index < -0.39 is 11.6 Å². The molecule has 76 valence electrons. The molecule has 1 aromatic carbocycles. The summed E-state index contributed by atoms with van der Waals surface area (Å²) in [5, 5.41) is 2.79. The van der Waals surface area contributed by atoms with Crippen LogP contribution in [0.2, 0.25) is 0 Å². The van der Waals surface area contributed by atoms with Gasteiger partial charge in [0.2, 0.25) is 0 Å². The largest absolute Gasteiger partial charge is 0.395 e. The third kappa shape index (κ3) is 2.45. The molecule has 0 radical (unpaired) electrons. The van der Waals surface area contributed by atoms with Gasteiger partial charge in [-0.15, -0.1) is 0 Å². The second-order valence-corrected chi connectivity index (χ2v) is 3.16. The van der Waals surface area contributed by atoms with Crippen molar-refractivity contribution in [3.63, 3.8) is 0 Å². The minimum Gasteiger partial charge on any atom is -0.395 e. The third-order valence-electron chi connectivity index (χ3n) is 1.67. The first kappa shape index (κ1) is 10.5. The number of nitrogens with one attached hydrogen (secondary N) is 1. The molecule has 3 N–H and O–H groups in total. The molecule has 0 amide bonds. The molecule has 0 aliphatic rings. The Bertz CT molecular complexity index is 361. The lowest BCUT2D eigenvalue weighted by molar-refractivity contribution is 0.587. The molecule has 0 spiro atoms. The zero-order valence-electron chi connectivity index (χ0n) is 7.90. The number of hydrogen-bond acceptors (Lipinski definition) is 2. The van der Waals surface area contributed by atoms with Crippen molar-refractivity contribution in [3.8, 4) is 0 Å². The summed E-state index contributed by atoms with van der Waals surface area (Å²) >= 11 is 0. The van der Waals surface area contributed by atoms with E-state index in [9.17, 15) is 8.78 Å². The molecule has 0 saturated carbocycles. The Balaban J connectivity index is 2.90. The van der Waals surface area contributed by atoms with E-state index >= 15 is 0 Å². The number of anilines is 2. The van der Waals surface area contributed by atoms with Gasteiger partial charge in [-0.05, 0) is 13.0 Å². The van der Waals surface area contributed by atoms with Crippen LogP contribution >= 0.6 is 0 Å². The second-order valence-electron chi connectivity index (χ2n) is 3.16. The van der Waals surface area contributed by atoms with Crippen molar-refractivity contribution in [3.05, 3.63) is 35.9 Å². The van der Waals surface area contributed by atoms with Crippen molar-refractivity contribution < 1.29 is 8.78 Å². The molecular weight excluding hydrogens is 186 g/mol. The van der Waals surface area contributed by atoms with Crippen LogP contribution in [0.4, 0.5) is 20.2 Å². The first-order valence-corrected chi connectivity index (χ1v) is 4.13. The van der Waals surface area contributed by atoms with Gasteiger partial charge in [-0.25, -0.2) is 8.78 Å². The molecule has 2 nitrogen and oxygen atoms in total. The quantitative estimate of drug-likeness (QED) is 0.578. The fourth-order valence-corrected chi connectivity index (χ4v) is 0.977. The van der Waals surface area contributed by atoms with Crippen molar-refractivity contribution in [2.24, 2.45) is 0 Å². The summed E-state index contributed by atoms with van der Waals surface area (Å²) in [5.41, 5.74) is 6.44. The average Bonchev–Trinajstić information content (AvgIpc) is 2.08. The van der Waals surface area contributed by atoms with E-state index in [-0.39, 0.29) is 11.4 Å². The van der Waals surface area contributed by atoms with E-state index in [0.717, 1.165) is 17.7 Å². The van der Waals surface area contributed by atoms with E-state index in [2.05, 4.69) is 11.9 Å². The fourth-order valence-electron chi connectivity index (χ4n) is 0.977. The van der Waals surface area contributed by atoms with Crippen LogP contribution in [0, 0.1) is 11.6 Å². The highest BCUT2D eigenvalue weighted by Crippen LogP contribution is 2.23. The molecule has 4 heteroatoms. The van der Waals surface area contributed by atoms with E-state index in [1.165, 1.54) is 0 Å². The van der Waals surface area contributed by atoms with Gasteiger partial charge in [0.25, 0.3) is 0 Å². The van der Waals surface area contributed by atoms with E-state index in [4.69, 9.17) is 5.73 Å². The molecule has 0 aromatic heterocycles. The highest BCUT2D eigenvalue weighted by Gasteiger charge is 2.07. The molecule has 1 aromatic rings. The van der Waals surface area contributed by atoms with Gasteiger partial charge in [-0.3, -0.25) is 0 Å². The molecular formula is C10H12F2N2. The van der Waals surface area contributed by atoms with Crippen molar-refractivity contribution in [1.29, 1.82) is 0 Å². The SMILES string of the molecule is C=C(C)CNc1cc(F)cc(F)c1N. The zero-order valence-corrected chi connectivity index (χ0v) is 7.90. The van der Waals surface area contributed by atoms with Crippen LogP contribution in [-0.4, -0.2) is 6.54 Å². The Labute approximate surface area is 81.4 Å². The van der Waals surface area contributed by atoms with Gasteiger partial charge in [0.1, 0.15) is 5.82 Å². The lowest BCUT2D eigenvalue weighted by atomic mass is 10.2. The average molecular weight is 198 g/mol. The summed E-state index contributed by atoms with van der Waals surface area (Å²) in [6, 6.07) is 1.91. The van der Waals surface area contributed by atoms with Crippen molar-refractivity contribution >= 4 is 11.4 Å². The first-order chi connectivity index (χ1) is 6.50. The fraction of sp³-hybridized carbons (Fsp3) is 0.200. The Morgan fingerprint density at radius 2 is 2.14 bits per heavy atom. The van der Waals surface area contributed by atoms with Gasteiger partial charge >= 0.3 is 0 Å². The monoisotopic (exact) mass is 198 g/mol. The molecule has 14 heavy (non-hydrogen) atoms. The minimum atomic E-state index is -0.755. The zero-order chi connectivity index (χ0) is 10.7. The molecule has 0 atom stereocenters. The van der Waals surface area contributed by atoms with Crippen LogP contribution in [0.1, 0.15) is 6.92 Å². The van der Waals surface area contributed by atoms with Crippen LogP contribution in [0.25, 0.3) is 0 Å². The molecule has 0 saturated heterocycles. The Hall–Kier alpha value is -1.58. The lowest BCUT2D eigenvalue weighted by Gasteiger charge is -2.09. The minimum absolute atomic E-state index is 0.0762. The summed E-state index contributed by atoms with van der Waals surface area (Å²) in [7, 11) is 0. The predicted molar refractivity (Wildman–Crippen MR) is 54.1 cm³/mol. The van der Waals surface area contributed by atoms with Gasteiger partial charge in [-0.1, -0.05) is 12.2 Å². The molecule has 0 aliphatic heterocycles. The summed E-state index contributed by atoms with van der Waals surface area (Å²) in [4.78, 5) is 0. The van der Waals surface area contributed by atoms with E-state index in [0.29, 0.717) is 6.54 Å². The topological polar surface area (TPSA) is 38.0 Å². The number of halogens is 2. The molecule has 0 bridgehead atoms. The molecule has 1 rings (SSSR count). The van der Waals surface area contributed by atoms with Crippen LogP contribution in [0.5, 0.6) is 0 Å². The van der Waals surface area contributed by atoms with Gasteiger partial charge in [0.15, 0.2) is 5.82 Å². The number of nitrogen functional groups attached to an aromatic ring is 1. The molecule has 0 fully saturated rings. The van der Waals surface area contributed by atoms with Gasteiger partial charge in [0, 0.05) is 12.6 Å². The Morgan fingerprint density at radius 1 is 1.50 bits per heavy atom. The maximum atomic E-state index is 12.9. The van der Waals surface area contributed by atoms with E-state index in [1.54, 1.807) is 6.92 Å². The van der Waals surface area contributed by atoms with Crippen molar-refractivity contribution in [2.45, 2.75) is 6.92 Å². The molecule has 0 aliphatic carbocycles. The third-order valence-corrected chi connectivity index (χ3v) is 1.67. The molecule has 0 heterocycles. The smallest absolute Gasteiger partial charge is 0.151 e. The lowest BCUT2D eigenvalue weighted by Crippen LogP contribution is -2.06. The summed E-state index contributed by atoms with van der Waals surface area (Å²) < 4.78 is 25.7. The van der Waals surface area contributed by atoms with Crippen LogP contribution in [-0.2, 0) is 0 Å². The highest BCUT2D eigenvalue weighted by atomic mass is 19.1. The van der Waals surface area contributed by atoms with Gasteiger partial charge < -0.3 is 11.1 Å². The summed E-state index contributed by atoms with van der Waals surface area (Å²) in [5.74, 6) is -1.41. The summed E-state index contributed by atoms with van der Waals surface area (Å²) in [6.07, 6.45) is 0. The maximum Gasteiger partial charge on any atom is 0.151 e.